The van der Waals surface area contributed by atoms with E-state index in [1.807, 2.05) is 12.1 Å². The van der Waals surface area contributed by atoms with Gasteiger partial charge in [0.15, 0.2) is 5.78 Å². The number of ether oxygens (including phenoxy) is 2. The van der Waals surface area contributed by atoms with Crippen molar-refractivity contribution in [3.8, 4) is 28.5 Å². The number of nitrogens with zero attached hydrogens (tertiary/aromatic N) is 1. The lowest BCUT2D eigenvalue weighted by Gasteiger charge is -2.24. The van der Waals surface area contributed by atoms with Crippen molar-refractivity contribution in [2.24, 2.45) is 0 Å². The smallest absolute Gasteiger partial charge is 0.311 e. The Morgan fingerprint density at radius 3 is 2.54 bits per heavy atom. The molecule has 186 valence electrons. The summed E-state index contributed by atoms with van der Waals surface area (Å²) in [4.78, 5) is 28.9. The van der Waals surface area contributed by atoms with Crippen LogP contribution in [0.15, 0.2) is 78.9 Å². The molecule has 8 heteroatoms. The Hall–Kier alpha value is -4.23. The fourth-order valence-corrected chi connectivity index (χ4v) is 4.40. The molecule has 0 fully saturated rings. The molecule has 3 aromatic carbocycles. The summed E-state index contributed by atoms with van der Waals surface area (Å²) >= 11 is 6.36. The van der Waals surface area contributed by atoms with Crippen molar-refractivity contribution >= 4 is 23.4 Å². The van der Waals surface area contributed by atoms with Crippen molar-refractivity contribution < 1.29 is 28.6 Å². The molecular formula is C29H21ClFNO5. The molecule has 0 radical (unpaired) electrons. The molecule has 1 aliphatic rings. The number of rotatable bonds is 7. The first kappa shape index (κ1) is 24.5. The number of carboxylic acid groups (broad SMARTS) is 1. The summed E-state index contributed by atoms with van der Waals surface area (Å²) in [7, 11) is 0. The fourth-order valence-electron chi connectivity index (χ4n) is 4.19. The average Bonchev–Trinajstić information content (AvgIpc) is 2.89. The minimum atomic E-state index is -0.924. The van der Waals surface area contributed by atoms with E-state index in [0.717, 1.165) is 5.56 Å². The quantitative estimate of drug-likeness (QED) is 0.274. The topological polar surface area (TPSA) is 85.7 Å². The lowest BCUT2D eigenvalue weighted by atomic mass is 9.93. The van der Waals surface area contributed by atoms with Gasteiger partial charge in [0.2, 0.25) is 0 Å². The van der Waals surface area contributed by atoms with E-state index in [2.05, 4.69) is 4.98 Å². The van der Waals surface area contributed by atoms with Crippen molar-refractivity contribution in [1.82, 2.24) is 4.98 Å². The highest BCUT2D eigenvalue weighted by Gasteiger charge is 2.29. The molecule has 4 aromatic rings. The summed E-state index contributed by atoms with van der Waals surface area (Å²) in [6, 6.07) is 21.2. The molecule has 1 aliphatic heterocycles. The maximum Gasteiger partial charge on any atom is 0.311 e. The number of hydrogen-bond donors (Lipinski definition) is 1. The fraction of sp³-hybridized carbons (Fsp3) is 0.138. The van der Waals surface area contributed by atoms with Gasteiger partial charge < -0.3 is 14.6 Å². The number of ketones is 1. The first-order valence-corrected chi connectivity index (χ1v) is 12.0. The summed E-state index contributed by atoms with van der Waals surface area (Å²) in [5.41, 5.74) is 3.05. The van der Waals surface area contributed by atoms with Crippen LogP contribution in [0.4, 0.5) is 4.39 Å². The van der Waals surface area contributed by atoms with Crippen LogP contribution in [0, 0.1) is 5.82 Å². The molecule has 1 unspecified atom stereocenters. The molecule has 1 N–H and O–H groups in total. The average molecular weight is 518 g/mol. The molecule has 1 atom stereocenters. The summed E-state index contributed by atoms with van der Waals surface area (Å²) in [6.07, 6.45) is 0.481. The van der Waals surface area contributed by atoms with Crippen molar-refractivity contribution in [2.45, 2.75) is 18.8 Å². The molecule has 1 aromatic heterocycles. The van der Waals surface area contributed by atoms with Gasteiger partial charge in [-0.25, -0.2) is 4.39 Å². The van der Waals surface area contributed by atoms with Crippen molar-refractivity contribution in [3.63, 3.8) is 0 Å². The highest BCUT2D eigenvalue weighted by Crippen LogP contribution is 2.41. The van der Waals surface area contributed by atoms with Crippen molar-refractivity contribution in [2.75, 3.05) is 6.61 Å². The van der Waals surface area contributed by atoms with Crippen LogP contribution in [0.1, 0.15) is 34.0 Å². The summed E-state index contributed by atoms with van der Waals surface area (Å²) in [6.45, 7) is 0.295. The third kappa shape index (κ3) is 5.47. The number of halogens is 2. The van der Waals surface area contributed by atoms with E-state index in [4.69, 9.17) is 21.1 Å². The molecule has 0 spiro atoms. The lowest BCUT2D eigenvalue weighted by Crippen LogP contribution is -2.20. The third-order valence-corrected chi connectivity index (χ3v) is 6.39. The second-order valence-corrected chi connectivity index (χ2v) is 9.00. The van der Waals surface area contributed by atoms with Crippen LogP contribution < -0.4 is 9.47 Å². The highest BCUT2D eigenvalue weighted by molar-refractivity contribution is 6.32. The van der Waals surface area contributed by atoms with Crippen LogP contribution in [0.25, 0.3) is 11.3 Å². The van der Waals surface area contributed by atoms with Gasteiger partial charge in [0.05, 0.1) is 29.7 Å². The molecule has 0 saturated carbocycles. The van der Waals surface area contributed by atoms with Gasteiger partial charge in [0.25, 0.3) is 0 Å². The summed E-state index contributed by atoms with van der Waals surface area (Å²) < 4.78 is 24.7. The molecule has 0 amide bonds. The SMILES string of the molecule is O=C(Cc1cccc(-c2ccc(F)cc2)n1)c1ccc(Oc2cc3c(cc2Cl)C(C(=O)O)CCO3)cc1. The van der Waals surface area contributed by atoms with E-state index in [1.54, 1.807) is 54.6 Å². The largest absolute Gasteiger partial charge is 0.493 e. The highest BCUT2D eigenvalue weighted by atomic mass is 35.5. The minimum Gasteiger partial charge on any atom is -0.493 e. The van der Waals surface area contributed by atoms with Gasteiger partial charge in [-0.15, -0.1) is 0 Å². The summed E-state index contributed by atoms with van der Waals surface area (Å²) in [5.74, 6) is -0.821. The van der Waals surface area contributed by atoms with Crippen LogP contribution in [0.2, 0.25) is 5.02 Å². The Labute approximate surface area is 217 Å². The number of benzene rings is 3. The van der Waals surface area contributed by atoms with Gasteiger partial charge in [0, 0.05) is 28.5 Å². The van der Waals surface area contributed by atoms with Crippen LogP contribution >= 0.6 is 11.6 Å². The van der Waals surface area contributed by atoms with Gasteiger partial charge in [-0.1, -0.05) is 17.7 Å². The van der Waals surface area contributed by atoms with Gasteiger partial charge in [0.1, 0.15) is 23.1 Å². The molecule has 37 heavy (non-hydrogen) atoms. The first-order valence-electron chi connectivity index (χ1n) is 11.6. The Kier molecular flexibility index (Phi) is 6.88. The van der Waals surface area contributed by atoms with E-state index in [0.29, 0.717) is 52.8 Å². The molecular weight excluding hydrogens is 497 g/mol. The predicted octanol–water partition coefficient (Wildman–Crippen LogP) is 6.71. The number of fused-ring (bicyclic) bond motifs is 1. The molecule has 2 heterocycles. The van der Waals surface area contributed by atoms with Crippen LogP contribution in [0.5, 0.6) is 17.2 Å². The Morgan fingerprint density at radius 1 is 1.05 bits per heavy atom. The van der Waals surface area contributed by atoms with Crippen LogP contribution in [-0.4, -0.2) is 28.4 Å². The van der Waals surface area contributed by atoms with E-state index in [-0.39, 0.29) is 23.0 Å². The van der Waals surface area contributed by atoms with Crippen LogP contribution in [0.3, 0.4) is 0 Å². The zero-order valence-corrected chi connectivity index (χ0v) is 20.2. The Morgan fingerprint density at radius 2 is 1.81 bits per heavy atom. The monoisotopic (exact) mass is 517 g/mol. The standard InChI is InChI=1S/C29H21ClFNO5/c30-24-15-23-22(29(34)35)12-13-36-27(23)16-28(24)37-21-10-6-18(7-11-21)26(33)14-20-2-1-3-25(32-20)17-4-8-19(31)9-5-17/h1-11,15-16,22H,12-14H2,(H,34,35). The second-order valence-electron chi connectivity index (χ2n) is 8.60. The van der Waals surface area contributed by atoms with Gasteiger partial charge in [-0.05, 0) is 73.2 Å². The van der Waals surface area contributed by atoms with Gasteiger partial charge >= 0.3 is 5.97 Å². The second kappa shape index (κ2) is 10.4. The molecule has 0 saturated heterocycles. The van der Waals surface area contributed by atoms with Gasteiger partial charge in [-0.3, -0.25) is 14.6 Å². The van der Waals surface area contributed by atoms with E-state index in [1.165, 1.54) is 12.1 Å². The third-order valence-electron chi connectivity index (χ3n) is 6.09. The Bertz CT molecular complexity index is 1470. The molecule has 0 bridgehead atoms. The number of pyridine rings is 1. The maximum absolute atomic E-state index is 13.2. The molecule has 0 aliphatic carbocycles. The number of carbonyl (C=O) groups excluding carboxylic acids is 1. The number of carbonyl (C=O) groups is 2. The van der Waals surface area contributed by atoms with E-state index in [9.17, 15) is 19.1 Å². The summed E-state index contributed by atoms with van der Waals surface area (Å²) in [5, 5.41) is 9.71. The number of hydrogen-bond acceptors (Lipinski definition) is 5. The van der Waals surface area contributed by atoms with Crippen molar-refractivity contribution in [3.05, 3.63) is 107 Å². The minimum absolute atomic E-state index is 0.105. The number of Topliss-reactive ketones (excluding diaryl/α,β-unsaturated/α-hetero) is 1. The number of carboxylic acids is 1. The van der Waals surface area contributed by atoms with Crippen molar-refractivity contribution in [1.29, 1.82) is 0 Å². The molecule has 5 rings (SSSR count). The zero-order valence-electron chi connectivity index (χ0n) is 19.5. The number of aliphatic carboxylic acids is 1. The van der Waals surface area contributed by atoms with Crippen LogP contribution in [-0.2, 0) is 11.2 Å². The predicted molar refractivity (Wildman–Crippen MR) is 136 cm³/mol. The van der Waals surface area contributed by atoms with E-state index >= 15 is 0 Å². The normalized spacial score (nSPS) is 14.4. The first-order chi connectivity index (χ1) is 17.9. The van der Waals surface area contributed by atoms with E-state index < -0.39 is 11.9 Å². The zero-order chi connectivity index (χ0) is 25.9. The molecule has 6 nitrogen and oxygen atoms in total. The maximum atomic E-state index is 13.2. The number of aromatic nitrogens is 1. The lowest BCUT2D eigenvalue weighted by molar-refractivity contribution is -0.139. The Balaban J connectivity index is 1.28. The van der Waals surface area contributed by atoms with Gasteiger partial charge in [-0.2, -0.15) is 0 Å².